The van der Waals surface area contributed by atoms with E-state index in [1.165, 1.54) is 16.7 Å². The molecule has 0 saturated heterocycles. The maximum absolute atomic E-state index is 11.3. The fourth-order valence-corrected chi connectivity index (χ4v) is 3.17. The van der Waals surface area contributed by atoms with Gasteiger partial charge in [-0.2, -0.15) is 5.10 Å². The first-order valence-corrected chi connectivity index (χ1v) is 8.85. The second-order valence-electron chi connectivity index (χ2n) is 6.61. The van der Waals surface area contributed by atoms with Crippen LogP contribution in [0.1, 0.15) is 16.7 Å². The molecule has 2 N–H and O–H groups in total. The molecule has 6 nitrogen and oxygen atoms in total. The molecule has 3 aromatic rings. The van der Waals surface area contributed by atoms with E-state index in [1.54, 1.807) is 0 Å². The highest BCUT2D eigenvalue weighted by molar-refractivity contribution is 5.83. The lowest BCUT2D eigenvalue weighted by Gasteiger charge is -2.21. The number of H-pyrrole nitrogens is 1. The lowest BCUT2D eigenvalue weighted by atomic mass is 9.97. The largest absolute Gasteiger partial charge is 0.311 e. The summed E-state index contributed by atoms with van der Waals surface area (Å²) >= 11 is 0. The number of likely N-dealkylation sites (N-methyl/N-ethyl adjacent to an activating group) is 2. The topological polar surface area (TPSA) is 73.9 Å². The second kappa shape index (κ2) is 8.69. The van der Waals surface area contributed by atoms with E-state index in [4.69, 9.17) is 0 Å². The van der Waals surface area contributed by atoms with Gasteiger partial charge in [0.25, 0.3) is 0 Å². The average Bonchev–Trinajstić information content (AvgIpc) is 3.15. The van der Waals surface area contributed by atoms with Crippen molar-refractivity contribution in [1.82, 2.24) is 25.4 Å². The highest BCUT2D eigenvalue weighted by Gasteiger charge is 2.15. The number of rotatable bonds is 9. The molecule has 0 fully saturated rings. The number of hydrogen-bond acceptors (Lipinski definition) is 5. The molecule has 0 aliphatic heterocycles. The quantitative estimate of drug-likeness (QED) is 0.577. The normalized spacial score (nSPS) is 12.6. The van der Waals surface area contributed by atoms with Gasteiger partial charge in [-0.15, -0.1) is 0 Å². The number of aromatic amines is 1. The molecule has 2 aromatic heterocycles. The van der Waals surface area contributed by atoms with Gasteiger partial charge in [-0.05, 0) is 61.8 Å². The van der Waals surface area contributed by atoms with E-state index in [-0.39, 0.29) is 6.04 Å². The van der Waals surface area contributed by atoms with E-state index in [0.29, 0.717) is 6.42 Å². The zero-order valence-corrected chi connectivity index (χ0v) is 15.3. The monoisotopic (exact) mass is 351 g/mol. The minimum Gasteiger partial charge on any atom is -0.311 e. The molecule has 136 valence electrons. The number of nitrogens with one attached hydrogen (secondary N) is 2. The molecule has 2 heterocycles. The van der Waals surface area contributed by atoms with Gasteiger partial charge in [0.05, 0.1) is 17.8 Å². The van der Waals surface area contributed by atoms with Crippen LogP contribution in [0.25, 0.3) is 10.9 Å². The number of aromatic nitrogens is 3. The van der Waals surface area contributed by atoms with Crippen molar-refractivity contribution in [3.05, 3.63) is 59.5 Å². The molecule has 1 atom stereocenters. The Morgan fingerprint density at radius 1 is 1.27 bits per heavy atom. The number of aldehydes is 1. The number of carbonyl (C=O) groups excluding carboxylic acids is 1. The minimum absolute atomic E-state index is 0.180. The van der Waals surface area contributed by atoms with Crippen molar-refractivity contribution in [2.75, 3.05) is 20.6 Å². The van der Waals surface area contributed by atoms with E-state index in [1.807, 2.05) is 31.7 Å². The number of nitrogens with zero attached hydrogens (tertiary/aromatic N) is 3. The first-order valence-electron chi connectivity index (χ1n) is 8.85. The SMILES string of the molecule is CNC(C=O)Cc1ccc2[nH]ncc2c1CN(C)CCc1ccncc1. The van der Waals surface area contributed by atoms with Crippen LogP contribution in [0.2, 0.25) is 0 Å². The van der Waals surface area contributed by atoms with Gasteiger partial charge in [-0.25, -0.2) is 0 Å². The van der Waals surface area contributed by atoms with Gasteiger partial charge in [-0.3, -0.25) is 10.1 Å². The fourth-order valence-electron chi connectivity index (χ4n) is 3.17. The molecule has 0 saturated carbocycles. The third kappa shape index (κ3) is 4.33. The molecule has 0 bridgehead atoms. The number of fused-ring (bicyclic) bond motifs is 1. The summed E-state index contributed by atoms with van der Waals surface area (Å²) in [6.45, 7) is 1.76. The Hall–Kier alpha value is -2.57. The van der Waals surface area contributed by atoms with Crippen molar-refractivity contribution in [3.63, 3.8) is 0 Å². The van der Waals surface area contributed by atoms with Crippen molar-refractivity contribution in [3.8, 4) is 0 Å². The summed E-state index contributed by atoms with van der Waals surface area (Å²) in [4.78, 5) is 17.6. The molecule has 3 rings (SSSR count). The third-order valence-electron chi connectivity index (χ3n) is 4.77. The minimum atomic E-state index is -0.180. The molecule has 1 aromatic carbocycles. The summed E-state index contributed by atoms with van der Waals surface area (Å²) in [5.41, 5.74) is 4.72. The number of hydrogen-bond donors (Lipinski definition) is 2. The summed E-state index contributed by atoms with van der Waals surface area (Å²) in [5, 5.41) is 11.4. The van der Waals surface area contributed by atoms with Crippen molar-refractivity contribution in [2.45, 2.75) is 25.4 Å². The van der Waals surface area contributed by atoms with Crippen LogP contribution < -0.4 is 5.32 Å². The van der Waals surface area contributed by atoms with Crippen molar-refractivity contribution >= 4 is 17.2 Å². The van der Waals surface area contributed by atoms with Crippen LogP contribution in [0.3, 0.4) is 0 Å². The van der Waals surface area contributed by atoms with Crippen LogP contribution in [0.5, 0.6) is 0 Å². The molecule has 0 radical (unpaired) electrons. The Kier molecular flexibility index (Phi) is 6.09. The van der Waals surface area contributed by atoms with E-state index in [2.05, 4.69) is 50.6 Å². The van der Waals surface area contributed by atoms with Gasteiger partial charge >= 0.3 is 0 Å². The number of benzene rings is 1. The first-order chi connectivity index (χ1) is 12.7. The molecule has 0 amide bonds. The van der Waals surface area contributed by atoms with E-state index in [9.17, 15) is 4.79 Å². The van der Waals surface area contributed by atoms with Gasteiger partial charge < -0.3 is 15.0 Å². The van der Waals surface area contributed by atoms with Crippen LogP contribution in [0.4, 0.5) is 0 Å². The predicted octanol–water partition coefficient (Wildman–Crippen LogP) is 1.96. The molecule has 1 unspecified atom stereocenters. The van der Waals surface area contributed by atoms with Gasteiger partial charge in [-0.1, -0.05) is 6.07 Å². The lowest BCUT2D eigenvalue weighted by molar-refractivity contribution is -0.109. The molecular weight excluding hydrogens is 326 g/mol. The fraction of sp³-hybridized carbons (Fsp3) is 0.350. The molecular formula is C20H25N5O. The maximum atomic E-state index is 11.3. The number of carbonyl (C=O) groups is 1. The highest BCUT2D eigenvalue weighted by atomic mass is 16.1. The zero-order valence-electron chi connectivity index (χ0n) is 15.3. The molecule has 0 aliphatic rings. The summed E-state index contributed by atoms with van der Waals surface area (Å²) in [6.07, 6.45) is 8.16. The molecule has 0 aliphatic carbocycles. The van der Waals surface area contributed by atoms with Crippen LogP contribution in [0.15, 0.2) is 42.9 Å². The zero-order chi connectivity index (χ0) is 18.4. The summed E-state index contributed by atoms with van der Waals surface area (Å²) in [6, 6.07) is 8.06. The van der Waals surface area contributed by atoms with Crippen LogP contribution in [-0.2, 0) is 24.2 Å². The summed E-state index contributed by atoms with van der Waals surface area (Å²) < 4.78 is 0. The Labute approximate surface area is 153 Å². The Bertz CT molecular complexity index is 846. The van der Waals surface area contributed by atoms with Gasteiger partial charge in [0.2, 0.25) is 0 Å². The Morgan fingerprint density at radius 2 is 2.08 bits per heavy atom. The second-order valence-corrected chi connectivity index (χ2v) is 6.61. The Balaban J connectivity index is 1.78. The van der Waals surface area contributed by atoms with E-state index >= 15 is 0 Å². The summed E-state index contributed by atoms with van der Waals surface area (Å²) in [5.74, 6) is 0. The Morgan fingerprint density at radius 3 is 2.81 bits per heavy atom. The third-order valence-corrected chi connectivity index (χ3v) is 4.77. The van der Waals surface area contributed by atoms with Crippen molar-refractivity contribution < 1.29 is 4.79 Å². The van der Waals surface area contributed by atoms with E-state index < -0.39 is 0 Å². The molecule has 26 heavy (non-hydrogen) atoms. The predicted molar refractivity (Wildman–Crippen MR) is 103 cm³/mol. The van der Waals surface area contributed by atoms with Crippen LogP contribution in [-0.4, -0.2) is 53.0 Å². The average molecular weight is 351 g/mol. The van der Waals surface area contributed by atoms with Crippen LogP contribution in [0, 0.1) is 0 Å². The summed E-state index contributed by atoms with van der Waals surface area (Å²) in [7, 11) is 3.94. The lowest BCUT2D eigenvalue weighted by Crippen LogP contribution is -2.30. The van der Waals surface area contributed by atoms with Crippen molar-refractivity contribution in [1.29, 1.82) is 0 Å². The molecule has 0 spiro atoms. The molecule has 6 heteroatoms. The first kappa shape index (κ1) is 18.2. The van der Waals surface area contributed by atoms with Crippen molar-refractivity contribution in [2.24, 2.45) is 0 Å². The van der Waals surface area contributed by atoms with Crippen LogP contribution >= 0.6 is 0 Å². The van der Waals surface area contributed by atoms with Gasteiger partial charge in [0.15, 0.2) is 0 Å². The standard InChI is InChI=1S/C20H25N5O/c1-21-17(14-26)11-16-3-4-20-18(12-23-24-20)19(16)13-25(2)10-7-15-5-8-22-9-6-15/h3-6,8-9,12,14,17,21H,7,10-11,13H2,1-2H3,(H,23,24). The van der Waals surface area contributed by atoms with Gasteiger partial charge in [0, 0.05) is 30.9 Å². The number of pyridine rings is 1. The smallest absolute Gasteiger partial charge is 0.137 e. The highest BCUT2D eigenvalue weighted by Crippen LogP contribution is 2.23. The van der Waals surface area contributed by atoms with E-state index in [0.717, 1.165) is 36.7 Å². The van der Waals surface area contributed by atoms with Gasteiger partial charge in [0.1, 0.15) is 6.29 Å². The maximum Gasteiger partial charge on any atom is 0.137 e.